The molecule has 1 saturated heterocycles. The zero-order valence-corrected chi connectivity index (χ0v) is 18.7. The third kappa shape index (κ3) is 4.29. The highest BCUT2D eigenvalue weighted by Gasteiger charge is 2.33. The van der Waals surface area contributed by atoms with Crippen LogP contribution in [0.4, 0.5) is 0 Å². The Morgan fingerprint density at radius 3 is 2.70 bits per heavy atom. The van der Waals surface area contributed by atoms with Crippen LogP contribution in [0.15, 0.2) is 53.6 Å². The van der Waals surface area contributed by atoms with Crippen molar-refractivity contribution in [2.24, 2.45) is 7.05 Å². The maximum atomic E-state index is 13.2. The van der Waals surface area contributed by atoms with E-state index in [1.807, 2.05) is 42.5 Å². The summed E-state index contributed by atoms with van der Waals surface area (Å²) in [4.78, 5) is 5.13. The van der Waals surface area contributed by atoms with Gasteiger partial charge >= 0.3 is 0 Å². The van der Waals surface area contributed by atoms with E-state index in [9.17, 15) is 8.42 Å². The zero-order valence-electron chi connectivity index (χ0n) is 17.1. The second kappa shape index (κ2) is 8.49. The minimum atomic E-state index is -3.57. The van der Waals surface area contributed by atoms with Crippen molar-refractivity contribution in [1.29, 1.82) is 0 Å². The van der Waals surface area contributed by atoms with Gasteiger partial charge in [0.2, 0.25) is 10.0 Å². The summed E-state index contributed by atoms with van der Waals surface area (Å²) in [7, 11) is -1.84. The van der Waals surface area contributed by atoms with E-state index in [1.54, 1.807) is 29.2 Å². The van der Waals surface area contributed by atoms with Crippen LogP contribution in [0.1, 0.15) is 41.4 Å². The lowest BCUT2D eigenvalue weighted by atomic mass is 9.95. The van der Waals surface area contributed by atoms with E-state index in [2.05, 4.69) is 5.10 Å². The fraction of sp³-hybridized carbons (Fsp3) is 0.364. The maximum absolute atomic E-state index is 13.2. The van der Waals surface area contributed by atoms with Crippen molar-refractivity contribution in [1.82, 2.24) is 19.1 Å². The molecule has 158 valence electrons. The highest BCUT2D eigenvalue weighted by molar-refractivity contribution is 7.89. The molecule has 2 aromatic heterocycles. The van der Waals surface area contributed by atoms with E-state index in [0.29, 0.717) is 25.2 Å². The number of piperidine rings is 1. The number of rotatable bonds is 5. The monoisotopic (exact) mass is 444 g/mol. The molecule has 1 aromatic carbocycles. The Balaban J connectivity index is 1.55. The molecule has 1 aliphatic rings. The topological polar surface area (TPSA) is 68.1 Å². The van der Waals surface area contributed by atoms with Crippen LogP contribution >= 0.6 is 11.6 Å². The largest absolute Gasteiger partial charge is 0.274 e. The Hall–Kier alpha value is -2.22. The molecule has 1 atom stereocenters. The molecule has 1 fully saturated rings. The molecule has 6 nitrogen and oxygen atoms in total. The first-order chi connectivity index (χ1) is 14.3. The van der Waals surface area contributed by atoms with Crippen LogP contribution in [0.25, 0.3) is 0 Å². The van der Waals surface area contributed by atoms with Crippen LogP contribution in [-0.4, -0.2) is 40.6 Å². The summed E-state index contributed by atoms with van der Waals surface area (Å²) in [5, 5.41) is 4.92. The summed E-state index contributed by atoms with van der Waals surface area (Å²) >= 11 is 6.30. The van der Waals surface area contributed by atoms with Crippen molar-refractivity contribution in [2.45, 2.75) is 37.0 Å². The molecule has 0 saturated carbocycles. The fourth-order valence-electron chi connectivity index (χ4n) is 4.03. The molecule has 30 heavy (non-hydrogen) atoms. The molecule has 0 N–H and O–H groups in total. The van der Waals surface area contributed by atoms with Crippen molar-refractivity contribution in [3.05, 3.63) is 76.3 Å². The predicted octanol–water partition coefficient (Wildman–Crippen LogP) is 3.94. The van der Waals surface area contributed by atoms with E-state index < -0.39 is 10.0 Å². The van der Waals surface area contributed by atoms with Gasteiger partial charge in [0.25, 0.3) is 0 Å². The second-order valence-corrected chi connectivity index (χ2v) is 10.1. The van der Waals surface area contributed by atoms with Crippen molar-refractivity contribution < 1.29 is 8.42 Å². The van der Waals surface area contributed by atoms with Crippen LogP contribution in [-0.2, 0) is 23.5 Å². The SMILES string of the molecule is Cc1nn(C)cc1S(=O)(=O)N1CCCC(c2cccc(Cc3ccccc3Cl)n2)C1. The minimum absolute atomic E-state index is 0.0664. The summed E-state index contributed by atoms with van der Waals surface area (Å²) in [6.45, 7) is 2.68. The summed E-state index contributed by atoms with van der Waals surface area (Å²) in [5.74, 6) is 0.0664. The van der Waals surface area contributed by atoms with E-state index in [4.69, 9.17) is 16.6 Å². The van der Waals surface area contributed by atoms with Crippen LogP contribution < -0.4 is 0 Å². The van der Waals surface area contributed by atoms with Crippen molar-refractivity contribution in [3.63, 3.8) is 0 Å². The molecule has 0 amide bonds. The summed E-state index contributed by atoms with van der Waals surface area (Å²) in [6, 6.07) is 13.7. The minimum Gasteiger partial charge on any atom is -0.274 e. The lowest BCUT2D eigenvalue weighted by Crippen LogP contribution is -2.39. The standard InChI is InChI=1S/C22H25ClN4O2S/c1-16-22(15-26(2)25-16)30(28,29)27-12-6-8-18(14-27)21-11-5-9-19(24-21)13-17-7-3-4-10-20(17)23/h3-5,7,9-11,15,18H,6,8,12-14H2,1-2H3. The molecule has 1 unspecified atom stereocenters. The van der Waals surface area contributed by atoms with Gasteiger partial charge in [-0.1, -0.05) is 35.9 Å². The molecule has 3 aromatic rings. The molecular weight excluding hydrogens is 420 g/mol. The Kier molecular flexibility index (Phi) is 5.95. The smallest absolute Gasteiger partial charge is 0.246 e. The average Bonchev–Trinajstić information content (AvgIpc) is 3.09. The van der Waals surface area contributed by atoms with Gasteiger partial charge in [0.05, 0.1) is 5.69 Å². The quantitative estimate of drug-likeness (QED) is 0.597. The van der Waals surface area contributed by atoms with Crippen LogP contribution in [0.2, 0.25) is 5.02 Å². The molecule has 4 rings (SSSR count). The Bertz CT molecular complexity index is 1160. The molecule has 3 heterocycles. The van der Waals surface area contributed by atoms with Gasteiger partial charge in [0.1, 0.15) is 4.90 Å². The number of sulfonamides is 1. The van der Waals surface area contributed by atoms with Crippen molar-refractivity contribution in [3.8, 4) is 0 Å². The molecule has 0 bridgehead atoms. The fourth-order valence-corrected chi connectivity index (χ4v) is 5.96. The van der Waals surface area contributed by atoms with Gasteiger partial charge in [-0.15, -0.1) is 0 Å². The first-order valence-electron chi connectivity index (χ1n) is 10.0. The number of halogens is 1. The number of pyridine rings is 1. The third-order valence-electron chi connectivity index (χ3n) is 5.55. The van der Waals surface area contributed by atoms with Crippen LogP contribution in [0.3, 0.4) is 0 Å². The van der Waals surface area contributed by atoms with Gasteiger partial charge in [0.15, 0.2) is 0 Å². The van der Waals surface area contributed by atoms with Crippen molar-refractivity contribution >= 4 is 21.6 Å². The maximum Gasteiger partial charge on any atom is 0.246 e. The Morgan fingerprint density at radius 2 is 1.97 bits per heavy atom. The third-order valence-corrected chi connectivity index (χ3v) is 7.88. The summed E-state index contributed by atoms with van der Waals surface area (Å²) in [5.41, 5.74) is 3.43. The van der Waals surface area contributed by atoms with Gasteiger partial charge in [-0.25, -0.2) is 8.42 Å². The highest BCUT2D eigenvalue weighted by atomic mass is 35.5. The summed E-state index contributed by atoms with van der Waals surface area (Å²) in [6.07, 6.45) is 3.95. The normalized spacial score (nSPS) is 17.9. The van der Waals surface area contributed by atoms with Gasteiger partial charge in [-0.3, -0.25) is 9.67 Å². The van der Waals surface area contributed by atoms with Gasteiger partial charge in [-0.2, -0.15) is 9.40 Å². The molecule has 0 spiro atoms. The Morgan fingerprint density at radius 1 is 1.17 bits per heavy atom. The molecule has 0 radical (unpaired) electrons. The predicted molar refractivity (Wildman–Crippen MR) is 117 cm³/mol. The molecule has 0 aliphatic carbocycles. The van der Waals surface area contributed by atoms with Crippen LogP contribution in [0, 0.1) is 6.92 Å². The number of aromatic nitrogens is 3. The van der Waals surface area contributed by atoms with Crippen molar-refractivity contribution in [2.75, 3.05) is 13.1 Å². The van der Waals surface area contributed by atoms with Gasteiger partial charge in [0, 0.05) is 55.1 Å². The zero-order chi connectivity index (χ0) is 21.3. The number of nitrogens with zero attached hydrogens (tertiary/aromatic N) is 4. The van der Waals surface area contributed by atoms with Gasteiger partial charge < -0.3 is 0 Å². The number of benzene rings is 1. The van der Waals surface area contributed by atoms with E-state index in [1.165, 1.54) is 0 Å². The van der Waals surface area contributed by atoms with E-state index in [0.717, 1.165) is 34.8 Å². The highest BCUT2D eigenvalue weighted by Crippen LogP contribution is 2.30. The van der Waals surface area contributed by atoms with E-state index >= 15 is 0 Å². The number of hydrogen-bond donors (Lipinski definition) is 0. The first kappa shape index (κ1) is 21.0. The summed E-state index contributed by atoms with van der Waals surface area (Å²) < 4.78 is 29.5. The second-order valence-electron chi connectivity index (χ2n) is 7.78. The lowest BCUT2D eigenvalue weighted by molar-refractivity contribution is 0.312. The number of hydrogen-bond acceptors (Lipinski definition) is 4. The average molecular weight is 445 g/mol. The first-order valence-corrected chi connectivity index (χ1v) is 11.9. The van der Waals surface area contributed by atoms with Gasteiger partial charge in [-0.05, 0) is 43.5 Å². The Labute approximate surface area is 182 Å². The lowest BCUT2D eigenvalue weighted by Gasteiger charge is -2.31. The number of aryl methyl sites for hydroxylation is 2. The van der Waals surface area contributed by atoms with Crippen LogP contribution in [0.5, 0.6) is 0 Å². The molecule has 8 heteroatoms. The van der Waals surface area contributed by atoms with E-state index in [-0.39, 0.29) is 10.8 Å². The molecule has 1 aliphatic heterocycles. The molecular formula is C22H25ClN4O2S.